The second kappa shape index (κ2) is 9.62. The van der Waals surface area contributed by atoms with Crippen molar-refractivity contribution in [3.63, 3.8) is 0 Å². The largest absolute Gasteiger partial charge is 0.339 e. The Morgan fingerprint density at radius 3 is 2.52 bits per heavy atom. The van der Waals surface area contributed by atoms with E-state index in [2.05, 4.69) is 22.4 Å². The summed E-state index contributed by atoms with van der Waals surface area (Å²) in [5.74, 6) is 1.55. The van der Waals surface area contributed by atoms with Crippen LogP contribution in [0.15, 0.2) is 4.52 Å². The third kappa shape index (κ3) is 5.74. The minimum absolute atomic E-state index is 0. The molecule has 1 fully saturated rings. The topological polar surface area (TPSA) is 77.0 Å². The molecule has 1 aliphatic carbocycles. The van der Waals surface area contributed by atoms with Crippen LogP contribution in [0.4, 0.5) is 0 Å². The van der Waals surface area contributed by atoms with Crippen molar-refractivity contribution in [1.29, 1.82) is 0 Å². The number of halogens is 2. The summed E-state index contributed by atoms with van der Waals surface area (Å²) in [4.78, 5) is 4.51. The number of hydrogen-bond acceptors (Lipinski definition) is 5. The molecule has 7 heteroatoms. The summed E-state index contributed by atoms with van der Waals surface area (Å²) < 4.78 is 5.40. The van der Waals surface area contributed by atoms with Crippen LogP contribution in [0.25, 0.3) is 0 Å². The van der Waals surface area contributed by atoms with E-state index in [1.807, 2.05) is 7.05 Å². The van der Waals surface area contributed by atoms with E-state index in [-0.39, 0.29) is 30.2 Å². The van der Waals surface area contributed by atoms with Gasteiger partial charge in [-0.2, -0.15) is 4.98 Å². The van der Waals surface area contributed by atoms with E-state index in [0.717, 1.165) is 31.1 Å². The molecule has 3 N–H and O–H groups in total. The van der Waals surface area contributed by atoms with Gasteiger partial charge >= 0.3 is 0 Å². The zero-order valence-corrected chi connectivity index (χ0v) is 14.6. The average Bonchev–Trinajstić information content (AvgIpc) is 2.86. The van der Waals surface area contributed by atoms with E-state index in [1.165, 1.54) is 32.1 Å². The first kappa shape index (κ1) is 20.6. The van der Waals surface area contributed by atoms with E-state index in [9.17, 15) is 0 Å². The summed E-state index contributed by atoms with van der Waals surface area (Å²) in [6, 6.07) is 0.364. The molecule has 2 rings (SSSR count). The lowest BCUT2D eigenvalue weighted by molar-refractivity contribution is 0.177. The monoisotopic (exact) mass is 338 g/mol. The number of aromatic nitrogens is 2. The molecular weight excluding hydrogens is 311 g/mol. The smallest absolute Gasteiger partial charge is 0.227 e. The van der Waals surface area contributed by atoms with Gasteiger partial charge in [-0.25, -0.2) is 0 Å². The standard InChI is InChI=1S/C14H26N4O.2ClH/c1-11(16-2)8-12-17-13(19-18-12)9-14(10-15)6-4-3-5-7-14;;/h11,16H,3-10,15H2,1-2H3;2*1H. The van der Waals surface area contributed by atoms with E-state index in [1.54, 1.807) is 0 Å². The van der Waals surface area contributed by atoms with Gasteiger partial charge in [0, 0.05) is 18.9 Å². The highest BCUT2D eigenvalue weighted by Gasteiger charge is 2.32. The van der Waals surface area contributed by atoms with Gasteiger partial charge < -0.3 is 15.6 Å². The summed E-state index contributed by atoms with van der Waals surface area (Å²) in [5, 5.41) is 7.25. The van der Waals surface area contributed by atoms with Gasteiger partial charge in [0.2, 0.25) is 5.89 Å². The summed E-state index contributed by atoms with van der Waals surface area (Å²) in [5.41, 5.74) is 6.19. The molecule has 5 nitrogen and oxygen atoms in total. The highest BCUT2D eigenvalue weighted by atomic mass is 35.5. The molecule has 0 amide bonds. The lowest BCUT2D eigenvalue weighted by Crippen LogP contribution is -2.35. The highest BCUT2D eigenvalue weighted by Crippen LogP contribution is 2.37. The molecule has 0 spiro atoms. The van der Waals surface area contributed by atoms with Crippen molar-refractivity contribution in [3.05, 3.63) is 11.7 Å². The average molecular weight is 339 g/mol. The highest BCUT2D eigenvalue weighted by molar-refractivity contribution is 5.85. The Morgan fingerprint density at radius 1 is 1.29 bits per heavy atom. The number of nitrogens with one attached hydrogen (secondary N) is 1. The zero-order chi connectivity index (χ0) is 13.7. The fraction of sp³-hybridized carbons (Fsp3) is 0.857. The van der Waals surface area contributed by atoms with Gasteiger partial charge in [0.25, 0.3) is 0 Å². The molecule has 1 unspecified atom stereocenters. The molecule has 0 aliphatic heterocycles. The van der Waals surface area contributed by atoms with Gasteiger partial charge in [-0.15, -0.1) is 24.8 Å². The summed E-state index contributed by atoms with van der Waals surface area (Å²) in [6.07, 6.45) is 7.89. The van der Waals surface area contributed by atoms with Gasteiger partial charge in [0.15, 0.2) is 5.82 Å². The summed E-state index contributed by atoms with van der Waals surface area (Å²) in [6.45, 7) is 2.83. The van der Waals surface area contributed by atoms with Gasteiger partial charge in [-0.05, 0) is 38.8 Å². The Bertz CT molecular complexity index is 394. The van der Waals surface area contributed by atoms with Crippen molar-refractivity contribution in [2.45, 2.75) is 57.9 Å². The van der Waals surface area contributed by atoms with Crippen LogP contribution in [0.5, 0.6) is 0 Å². The Hall–Kier alpha value is -0.360. The van der Waals surface area contributed by atoms with Crippen molar-refractivity contribution in [2.24, 2.45) is 11.1 Å². The predicted octanol–water partition coefficient (Wildman–Crippen LogP) is 2.52. The lowest BCUT2D eigenvalue weighted by Gasteiger charge is -2.34. The van der Waals surface area contributed by atoms with Crippen molar-refractivity contribution >= 4 is 24.8 Å². The molecular formula is C14H28Cl2N4O. The molecule has 1 aromatic rings. The number of rotatable bonds is 6. The molecule has 0 saturated heterocycles. The van der Waals surface area contributed by atoms with E-state index >= 15 is 0 Å². The Morgan fingerprint density at radius 2 is 1.95 bits per heavy atom. The second-order valence-electron chi connectivity index (χ2n) is 5.94. The van der Waals surface area contributed by atoms with Gasteiger partial charge in [-0.3, -0.25) is 0 Å². The minimum Gasteiger partial charge on any atom is -0.339 e. The lowest BCUT2D eigenvalue weighted by atomic mass is 9.72. The SMILES string of the molecule is CNC(C)Cc1noc(CC2(CN)CCCCC2)n1.Cl.Cl. The van der Waals surface area contributed by atoms with Gasteiger partial charge in [-0.1, -0.05) is 24.4 Å². The molecule has 1 aromatic heterocycles. The van der Waals surface area contributed by atoms with Crippen molar-refractivity contribution < 1.29 is 4.52 Å². The van der Waals surface area contributed by atoms with Crippen LogP contribution in [0, 0.1) is 5.41 Å². The molecule has 1 saturated carbocycles. The van der Waals surface area contributed by atoms with Crippen LogP contribution in [0.3, 0.4) is 0 Å². The molecule has 1 aliphatic rings. The van der Waals surface area contributed by atoms with Crippen LogP contribution in [0.2, 0.25) is 0 Å². The zero-order valence-electron chi connectivity index (χ0n) is 12.9. The molecule has 0 bridgehead atoms. The number of nitrogens with two attached hydrogens (primary N) is 1. The normalized spacial score (nSPS) is 18.4. The van der Waals surface area contributed by atoms with Crippen LogP contribution < -0.4 is 11.1 Å². The van der Waals surface area contributed by atoms with Gasteiger partial charge in [0.1, 0.15) is 0 Å². The van der Waals surface area contributed by atoms with E-state index in [4.69, 9.17) is 10.3 Å². The molecule has 0 aromatic carbocycles. The first-order valence-corrected chi connectivity index (χ1v) is 7.36. The van der Waals surface area contributed by atoms with Crippen LogP contribution in [-0.4, -0.2) is 29.8 Å². The minimum atomic E-state index is 0. The Balaban J connectivity index is 0.00000200. The number of likely N-dealkylation sites (N-methyl/N-ethyl adjacent to an activating group) is 1. The van der Waals surface area contributed by atoms with Crippen molar-refractivity contribution in [2.75, 3.05) is 13.6 Å². The fourth-order valence-electron chi connectivity index (χ4n) is 2.90. The third-order valence-corrected chi connectivity index (χ3v) is 4.37. The molecule has 0 radical (unpaired) electrons. The van der Waals surface area contributed by atoms with Crippen LogP contribution in [-0.2, 0) is 12.8 Å². The maximum absolute atomic E-state index is 6.00. The first-order valence-electron chi connectivity index (χ1n) is 7.36. The van der Waals surface area contributed by atoms with E-state index in [0.29, 0.717) is 6.04 Å². The first-order chi connectivity index (χ1) is 9.17. The second-order valence-corrected chi connectivity index (χ2v) is 5.94. The molecule has 1 heterocycles. The van der Waals surface area contributed by atoms with Crippen molar-refractivity contribution in [1.82, 2.24) is 15.5 Å². The molecule has 1 atom stereocenters. The Labute approximate surface area is 139 Å². The number of hydrogen-bond donors (Lipinski definition) is 2. The fourth-order valence-corrected chi connectivity index (χ4v) is 2.90. The predicted molar refractivity (Wildman–Crippen MR) is 89.3 cm³/mol. The maximum Gasteiger partial charge on any atom is 0.227 e. The van der Waals surface area contributed by atoms with Crippen LogP contribution in [0.1, 0.15) is 50.7 Å². The summed E-state index contributed by atoms with van der Waals surface area (Å²) >= 11 is 0. The Kier molecular flexibility index (Phi) is 9.45. The quantitative estimate of drug-likeness (QED) is 0.833. The number of nitrogens with zero attached hydrogens (tertiary/aromatic N) is 2. The maximum atomic E-state index is 6.00. The third-order valence-electron chi connectivity index (χ3n) is 4.37. The molecule has 21 heavy (non-hydrogen) atoms. The van der Waals surface area contributed by atoms with Gasteiger partial charge in [0.05, 0.1) is 0 Å². The molecule has 124 valence electrons. The van der Waals surface area contributed by atoms with E-state index < -0.39 is 0 Å². The van der Waals surface area contributed by atoms with Crippen LogP contribution >= 0.6 is 24.8 Å². The summed E-state index contributed by atoms with van der Waals surface area (Å²) in [7, 11) is 1.94. The van der Waals surface area contributed by atoms with Crippen molar-refractivity contribution in [3.8, 4) is 0 Å².